The molecule has 0 radical (unpaired) electrons. The number of carbonyl (C=O) groups excluding carboxylic acids is 3. The van der Waals surface area contributed by atoms with E-state index in [2.05, 4.69) is 33.9 Å². The van der Waals surface area contributed by atoms with E-state index in [1.165, 1.54) is 23.9 Å². The zero-order valence-corrected chi connectivity index (χ0v) is 20.7. The quantitative estimate of drug-likeness (QED) is 0.181. The Bertz CT molecular complexity index is 848. The van der Waals surface area contributed by atoms with Gasteiger partial charge in [0.2, 0.25) is 17.7 Å². The van der Waals surface area contributed by atoms with E-state index in [4.69, 9.17) is 0 Å². The zero-order chi connectivity index (χ0) is 25.1. The fraction of sp³-hybridized carbons (Fsp3) is 0.545. The first kappa shape index (κ1) is 27.8. The number of hydrogen-bond acceptors (Lipinski definition) is 8. The number of nitrogens with one attached hydrogen (secondary N) is 4. The molecule has 0 bridgehead atoms. The van der Waals surface area contributed by atoms with Crippen molar-refractivity contribution in [2.24, 2.45) is 0 Å². The summed E-state index contributed by atoms with van der Waals surface area (Å²) >= 11 is 5.49. The Morgan fingerprint density at radius 2 is 1.74 bits per heavy atom. The molecule has 4 atom stereocenters. The summed E-state index contributed by atoms with van der Waals surface area (Å²) in [6.07, 6.45) is 3.89. The molecule has 10 nitrogen and oxygen atoms in total. The summed E-state index contributed by atoms with van der Waals surface area (Å²) in [6.45, 7) is 0.741. The highest BCUT2D eigenvalue weighted by Crippen LogP contribution is 2.13. The Morgan fingerprint density at radius 1 is 1.09 bits per heavy atom. The van der Waals surface area contributed by atoms with Crippen LogP contribution in [-0.2, 0) is 25.6 Å². The third-order valence-corrected chi connectivity index (χ3v) is 6.44. The van der Waals surface area contributed by atoms with E-state index < -0.39 is 35.9 Å². The first-order chi connectivity index (χ1) is 16.2. The lowest BCUT2D eigenvalue weighted by Crippen LogP contribution is -2.57. The first-order valence-corrected chi connectivity index (χ1v) is 13.0. The number of carboxylic acids is 1. The van der Waals surface area contributed by atoms with Crippen LogP contribution in [0.3, 0.4) is 0 Å². The number of carboxylic acid groups (broad SMARTS) is 1. The van der Waals surface area contributed by atoms with E-state index in [1.807, 2.05) is 6.26 Å². The molecule has 6 N–H and O–H groups in total. The van der Waals surface area contributed by atoms with Gasteiger partial charge in [-0.15, -0.1) is 0 Å². The number of phenols is 1. The number of aliphatic carboxylic acids is 1. The SMILES string of the molecule is CSCCC(NC(=O)C1CCCN1)C(=O)NC(Cc1ccc(O)cc1)C(=O)NC(CS)C(=O)O. The van der Waals surface area contributed by atoms with Gasteiger partial charge in [0.1, 0.15) is 23.9 Å². The van der Waals surface area contributed by atoms with Crippen LogP contribution in [0.2, 0.25) is 0 Å². The summed E-state index contributed by atoms with van der Waals surface area (Å²) in [4.78, 5) is 50.0. The highest BCUT2D eigenvalue weighted by atomic mass is 32.2. The second-order valence-corrected chi connectivity index (χ2v) is 9.36. The molecule has 12 heteroatoms. The molecule has 1 aliphatic heterocycles. The molecule has 1 aliphatic rings. The van der Waals surface area contributed by atoms with Crippen molar-refractivity contribution < 1.29 is 29.4 Å². The van der Waals surface area contributed by atoms with Gasteiger partial charge in [-0.2, -0.15) is 24.4 Å². The number of benzene rings is 1. The van der Waals surface area contributed by atoms with Crippen molar-refractivity contribution in [3.63, 3.8) is 0 Å². The van der Waals surface area contributed by atoms with Crippen LogP contribution in [0.25, 0.3) is 0 Å². The molecule has 0 aromatic heterocycles. The lowest BCUT2D eigenvalue weighted by Gasteiger charge is -2.25. The van der Waals surface area contributed by atoms with Crippen molar-refractivity contribution in [1.82, 2.24) is 21.3 Å². The molecule has 1 saturated heterocycles. The summed E-state index contributed by atoms with van der Waals surface area (Å²) in [5.74, 6) is -2.18. The number of rotatable bonds is 13. The average molecular weight is 513 g/mol. The third-order valence-electron chi connectivity index (χ3n) is 5.43. The molecule has 1 fully saturated rings. The Labute approximate surface area is 208 Å². The standard InChI is InChI=1S/C22H32N4O6S2/c1-34-10-8-16(24-19(28)15-3-2-9-23-15)20(29)25-17(11-13-4-6-14(27)7-5-13)21(30)26-18(12-33)22(31)32/h4-7,15-18,23,27,33H,2-3,8-12H2,1H3,(H,24,28)(H,25,29)(H,26,30)(H,31,32). The van der Waals surface area contributed by atoms with Crippen molar-refractivity contribution in [2.45, 2.75) is 49.9 Å². The Balaban J connectivity index is 2.17. The molecule has 188 valence electrons. The van der Waals surface area contributed by atoms with Crippen LogP contribution in [0.15, 0.2) is 24.3 Å². The van der Waals surface area contributed by atoms with E-state index in [0.717, 1.165) is 13.0 Å². The fourth-order valence-corrected chi connectivity index (χ4v) is 4.21. The molecule has 0 aliphatic carbocycles. The van der Waals surface area contributed by atoms with E-state index in [9.17, 15) is 29.4 Å². The van der Waals surface area contributed by atoms with E-state index in [1.54, 1.807) is 12.1 Å². The van der Waals surface area contributed by atoms with E-state index >= 15 is 0 Å². The lowest BCUT2D eigenvalue weighted by molar-refractivity contribution is -0.141. The highest BCUT2D eigenvalue weighted by molar-refractivity contribution is 7.98. The van der Waals surface area contributed by atoms with Gasteiger partial charge in [-0.1, -0.05) is 12.1 Å². The minimum absolute atomic E-state index is 0.0511. The van der Waals surface area contributed by atoms with E-state index in [0.29, 0.717) is 24.2 Å². The molecule has 4 unspecified atom stereocenters. The van der Waals surface area contributed by atoms with Gasteiger partial charge >= 0.3 is 5.97 Å². The molecule has 1 aromatic rings. The number of thioether (sulfide) groups is 1. The Hall–Kier alpha value is -2.44. The second-order valence-electron chi connectivity index (χ2n) is 8.01. The fourth-order valence-electron chi connectivity index (χ4n) is 3.49. The van der Waals surface area contributed by atoms with Gasteiger partial charge in [-0.25, -0.2) is 4.79 Å². The predicted octanol–water partition coefficient (Wildman–Crippen LogP) is -0.0914. The van der Waals surface area contributed by atoms with Gasteiger partial charge in [0, 0.05) is 12.2 Å². The number of aromatic hydroxyl groups is 1. The van der Waals surface area contributed by atoms with Gasteiger partial charge in [-0.3, -0.25) is 14.4 Å². The van der Waals surface area contributed by atoms with Crippen LogP contribution in [-0.4, -0.2) is 82.4 Å². The van der Waals surface area contributed by atoms with Gasteiger partial charge in [-0.05, 0) is 55.5 Å². The number of phenolic OH excluding ortho intramolecular Hbond substituents is 1. The smallest absolute Gasteiger partial charge is 0.327 e. The van der Waals surface area contributed by atoms with Crippen LogP contribution in [0, 0.1) is 0 Å². The molecule has 3 amide bonds. The average Bonchev–Trinajstić information content (AvgIpc) is 3.35. The minimum atomic E-state index is -1.24. The Kier molecular flexibility index (Phi) is 11.5. The molecule has 0 saturated carbocycles. The van der Waals surface area contributed by atoms with Crippen molar-refractivity contribution in [1.29, 1.82) is 0 Å². The van der Waals surface area contributed by atoms with Gasteiger partial charge in [0.15, 0.2) is 0 Å². The van der Waals surface area contributed by atoms with E-state index in [-0.39, 0.29) is 29.9 Å². The first-order valence-electron chi connectivity index (χ1n) is 11.0. The maximum atomic E-state index is 13.1. The van der Waals surface area contributed by atoms with Crippen molar-refractivity contribution in [2.75, 3.05) is 24.3 Å². The summed E-state index contributed by atoms with van der Waals surface area (Å²) in [5, 5.41) is 29.7. The number of thiol groups is 1. The molecule has 1 aromatic carbocycles. The van der Waals surface area contributed by atoms with Crippen molar-refractivity contribution in [3.8, 4) is 5.75 Å². The summed E-state index contributed by atoms with van der Waals surface area (Å²) in [5.41, 5.74) is 0.649. The molecule has 34 heavy (non-hydrogen) atoms. The van der Waals surface area contributed by atoms with Crippen molar-refractivity contribution >= 4 is 48.1 Å². The monoisotopic (exact) mass is 512 g/mol. The van der Waals surface area contributed by atoms with Crippen LogP contribution in [0.4, 0.5) is 0 Å². The van der Waals surface area contributed by atoms with Crippen molar-refractivity contribution in [3.05, 3.63) is 29.8 Å². The highest BCUT2D eigenvalue weighted by Gasteiger charge is 2.31. The molecule has 1 heterocycles. The molecular weight excluding hydrogens is 480 g/mol. The van der Waals surface area contributed by atoms with Gasteiger partial charge < -0.3 is 31.5 Å². The lowest BCUT2D eigenvalue weighted by atomic mass is 10.0. The normalized spacial score (nSPS) is 17.9. The number of amides is 3. The topological polar surface area (TPSA) is 157 Å². The number of carbonyl (C=O) groups is 4. The maximum Gasteiger partial charge on any atom is 0.327 e. The zero-order valence-electron chi connectivity index (χ0n) is 19.0. The van der Waals surface area contributed by atoms with Crippen LogP contribution < -0.4 is 21.3 Å². The number of hydrogen-bond donors (Lipinski definition) is 7. The summed E-state index contributed by atoms with van der Waals surface area (Å²) in [6, 6.07) is 2.59. The predicted molar refractivity (Wildman–Crippen MR) is 133 cm³/mol. The summed E-state index contributed by atoms with van der Waals surface area (Å²) in [7, 11) is 0. The molecule has 0 spiro atoms. The second kappa shape index (κ2) is 14.1. The van der Waals surface area contributed by atoms with Gasteiger partial charge in [0.25, 0.3) is 0 Å². The molecule has 2 rings (SSSR count). The minimum Gasteiger partial charge on any atom is -0.508 e. The largest absolute Gasteiger partial charge is 0.508 e. The third kappa shape index (κ3) is 8.73. The van der Waals surface area contributed by atoms with Crippen LogP contribution in [0.5, 0.6) is 5.75 Å². The summed E-state index contributed by atoms with van der Waals surface area (Å²) < 4.78 is 0. The Morgan fingerprint density at radius 3 is 2.29 bits per heavy atom. The van der Waals surface area contributed by atoms with Crippen LogP contribution >= 0.6 is 24.4 Å². The van der Waals surface area contributed by atoms with Crippen LogP contribution in [0.1, 0.15) is 24.8 Å². The van der Waals surface area contributed by atoms with Gasteiger partial charge in [0.05, 0.1) is 6.04 Å². The molecular formula is C22H32N4O6S2. The maximum absolute atomic E-state index is 13.1.